The molecule has 0 aliphatic carbocycles. The van der Waals surface area contributed by atoms with Crippen molar-refractivity contribution >= 4 is 17.0 Å². The molecule has 2 aromatic rings. The molecule has 1 aliphatic rings. The van der Waals surface area contributed by atoms with E-state index in [0.29, 0.717) is 19.0 Å². The topological polar surface area (TPSA) is 69.2 Å². The second kappa shape index (κ2) is 4.57. The highest BCUT2D eigenvalue weighted by Gasteiger charge is 2.24. The molecule has 0 saturated carbocycles. The lowest BCUT2D eigenvalue weighted by atomic mass is 9.86. The van der Waals surface area contributed by atoms with E-state index in [0.717, 1.165) is 23.7 Å². The molecule has 5 nitrogen and oxygen atoms in total. The number of likely N-dealkylation sites (tertiary alicyclic amines) is 1. The summed E-state index contributed by atoms with van der Waals surface area (Å²) in [5.41, 5.74) is 3.64. The van der Waals surface area contributed by atoms with E-state index in [2.05, 4.69) is 29.3 Å². The third kappa shape index (κ3) is 2.16. The van der Waals surface area contributed by atoms with Gasteiger partial charge in [-0.1, -0.05) is 0 Å². The minimum absolute atomic E-state index is 0.447. The first-order chi connectivity index (χ1) is 9.15. The number of aromatic nitrogens is 2. The molecule has 0 unspecified atom stereocenters. The van der Waals surface area contributed by atoms with Crippen LogP contribution in [0.25, 0.3) is 10.9 Å². The largest absolute Gasteiger partial charge is 0.465 e. The number of carboxylic acid groups (broad SMARTS) is 1. The Hall–Kier alpha value is -2.04. The second-order valence-electron chi connectivity index (χ2n) is 5.21. The number of piperidine rings is 1. The number of amides is 1. The smallest absolute Gasteiger partial charge is 0.407 e. The molecule has 1 saturated heterocycles. The first-order valence-electron chi connectivity index (χ1n) is 6.56. The summed E-state index contributed by atoms with van der Waals surface area (Å²) in [6.45, 7) is 3.37. The van der Waals surface area contributed by atoms with E-state index in [1.165, 1.54) is 16.0 Å². The minimum Gasteiger partial charge on any atom is -0.465 e. The summed E-state index contributed by atoms with van der Waals surface area (Å²) in [5, 5.41) is 17.2. The zero-order chi connectivity index (χ0) is 13.4. The number of rotatable bonds is 1. The van der Waals surface area contributed by atoms with Crippen LogP contribution in [0.3, 0.4) is 0 Å². The fraction of sp³-hybridized carbons (Fsp3) is 0.429. The lowest BCUT2D eigenvalue weighted by Crippen LogP contribution is -2.36. The van der Waals surface area contributed by atoms with Crippen molar-refractivity contribution in [1.29, 1.82) is 0 Å². The third-order valence-corrected chi connectivity index (χ3v) is 4.03. The van der Waals surface area contributed by atoms with E-state index < -0.39 is 6.09 Å². The maximum Gasteiger partial charge on any atom is 0.407 e. The third-order valence-electron chi connectivity index (χ3n) is 4.03. The van der Waals surface area contributed by atoms with Crippen LogP contribution in [-0.2, 0) is 0 Å². The van der Waals surface area contributed by atoms with Crippen molar-refractivity contribution < 1.29 is 9.90 Å². The van der Waals surface area contributed by atoms with Gasteiger partial charge in [0.25, 0.3) is 0 Å². The Morgan fingerprint density at radius 2 is 2.16 bits per heavy atom. The molecule has 0 spiro atoms. The maximum absolute atomic E-state index is 10.9. The van der Waals surface area contributed by atoms with Crippen molar-refractivity contribution in [1.82, 2.24) is 15.1 Å². The summed E-state index contributed by atoms with van der Waals surface area (Å²) in [6, 6.07) is 4.32. The number of hydrogen-bond donors (Lipinski definition) is 2. The molecular formula is C14H17N3O2. The van der Waals surface area contributed by atoms with Gasteiger partial charge in [0.15, 0.2) is 0 Å². The van der Waals surface area contributed by atoms with Gasteiger partial charge in [0.05, 0.1) is 11.7 Å². The van der Waals surface area contributed by atoms with Crippen molar-refractivity contribution in [2.24, 2.45) is 0 Å². The lowest BCUT2D eigenvalue weighted by molar-refractivity contribution is 0.132. The van der Waals surface area contributed by atoms with Crippen LogP contribution in [0, 0.1) is 6.92 Å². The highest BCUT2D eigenvalue weighted by molar-refractivity contribution is 5.79. The molecule has 0 bridgehead atoms. The fourth-order valence-corrected chi connectivity index (χ4v) is 2.94. The molecule has 1 fully saturated rings. The van der Waals surface area contributed by atoms with Crippen LogP contribution in [0.2, 0.25) is 0 Å². The molecule has 19 heavy (non-hydrogen) atoms. The van der Waals surface area contributed by atoms with Crippen molar-refractivity contribution in [2.45, 2.75) is 25.7 Å². The Morgan fingerprint density at radius 3 is 2.84 bits per heavy atom. The zero-order valence-electron chi connectivity index (χ0n) is 10.9. The Kier molecular flexibility index (Phi) is 2.89. The molecular weight excluding hydrogens is 242 g/mol. The number of aryl methyl sites for hydroxylation is 1. The Morgan fingerprint density at radius 1 is 1.42 bits per heavy atom. The van der Waals surface area contributed by atoms with Gasteiger partial charge in [0.1, 0.15) is 0 Å². The van der Waals surface area contributed by atoms with Crippen LogP contribution in [0.5, 0.6) is 0 Å². The fourth-order valence-electron chi connectivity index (χ4n) is 2.94. The molecule has 1 aliphatic heterocycles. The molecule has 1 aromatic carbocycles. The summed E-state index contributed by atoms with van der Waals surface area (Å²) in [6.07, 6.45) is 2.82. The van der Waals surface area contributed by atoms with Gasteiger partial charge in [-0.15, -0.1) is 0 Å². The summed E-state index contributed by atoms with van der Waals surface area (Å²) in [5.74, 6) is 0.447. The number of nitrogens with zero attached hydrogens (tertiary/aromatic N) is 2. The average molecular weight is 259 g/mol. The van der Waals surface area contributed by atoms with Crippen LogP contribution < -0.4 is 0 Å². The molecule has 1 aromatic heterocycles. The number of benzene rings is 1. The van der Waals surface area contributed by atoms with Crippen molar-refractivity contribution in [3.63, 3.8) is 0 Å². The SMILES string of the molecule is Cc1cc2cn[nH]c2cc1C1CCN(C(=O)O)CC1. The van der Waals surface area contributed by atoms with E-state index in [4.69, 9.17) is 5.11 Å². The standard InChI is InChI=1S/C14H17N3O2/c1-9-6-11-8-15-16-13(11)7-12(9)10-2-4-17(5-3-10)14(18)19/h6-8,10H,2-5H2,1H3,(H,15,16)(H,18,19). The van der Waals surface area contributed by atoms with Gasteiger partial charge in [-0.3, -0.25) is 5.10 Å². The lowest BCUT2D eigenvalue weighted by Gasteiger charge is -2.31. The predicted molar refractivity (Wildman–Crippen MR) is 72.4 cm³/mol. The molecule has 2 N–H and O–H groups in total. The van der Waals surface area contributed by atoms with Crippen LogP contribution >= 0.6 is 0 Å². The monoisotopic (exact) mass is 259 g/mol. The number of aromatic amines is 1. The van der Waals surface area contributed by atoms with Gasteiger partial charge in [-0.2, -0.15) is 5.10 Å². The molecule has 0 atom stereocenters. The average Bonchev–Trinajstić information content (AvgIpc) is 2.85. The first kappa shape index (κ1) is 12.0. The highest BCUT2D eigenvalue weighted by Crippen LogP contribution is 2.32. The maximum atomic E-state index is 10.9. The Labute approximate surface area is 111 Å². The van der Waals surface area contributed by atoms with Crippen LogP contribution in [0.4, 0.5) is 4.79 Å². The van der Waals surface area contributed by atoms with Crippen molar-refractivity contribution in [3.8, 4) is 0 Å². The van der Waals surface area contributed by atoms with Gasteiger partial charge in [-0.05, 0) is 48.9 Å². The van der Waals surface area contributed by atoms with Gasteiger partial charge >= 0.3 is 6.09 Å². The van der Waals surface area contributed by atoms with Crippen LogP contribution in [0.1, 0.15) is 29.9 Å². The molecule has 3 rings (SSSR count). The van der Waals surface area contributed by atoms with Crippen LogP contribution in [0.15, 0.2) is 18.3 Å². The summed E-state index contributed by atoms with van der Waals surface area (Å²) in [7, 11) is 0. The first-order valence-corrected chi connectivity index (χ1v) is 6.56. The Balaban J connectivity index is 1.85. The zero-order valence-corrected chi connectivity index (χ0v) is 10.9. The summed E-state index contributed by atoms with van der Waals surface area (Å²) >= 11 is 0. The summed E-state index contributed by atoms with van der Waals surface area (Å²) in [4.78, 5) is 12.4. The van der Waals surface area contributed by atoms with E-state index in [-0.39, 0.29) is 0 Å². The second-order valence-corrected chi connectivity index (χ2v) is 5.21. The minimum atomic E-state index is -0.806. The quantitative estimate of drug-likeness (QED) is 0.827. The highest BCUT2D eigenvalue weighted by atomic mass is 16.4. The number of fused-ring (bicyclic) bond motifs is 1. The van der Waals surface area contributed by atoms with Gasteiger partial charge < -0.3 is 10.0 Å². The normalized spacial score (nSPS) is 17.0. The molecule has 1 amide bonds. The van der Waals surface area contributed by atoms with E-state index in [9.17, 15) is 4.79 Å². The molecule has 2 heterocycles. The van der Waals surface area contributed by atoms with Crippen molar-refractivity contribution in [3.05, 3.63) is 29.5 Å². The number of hydrogen-bond acceptors (Lipinski definition) is 2. The van der Waals surface area contributed by atoms with E-state index in [1.807, 2.05) is 6.20 Å². The van der Waals surface area contributed by atoms with E-state index >= 15 is 0 Å². The van der Waals surface area contributed by atoms with Crippen molar-refractivity contribution in [2.75, 3.05) is 13.1 Å². The van der Waals surface area contributed by atoms with Gasteiger partial charge in [0, 0.05) is 18.5 Å². The van der Waals surface area contributed by atoms with Gasteiger partial charge in [0.2, 0.25) is 0 Å². The molecule has 5 heteroatoms. The van der Waals surface area contributed by atoms with Gasteiger partial charge in [-0.25, -0.2) is 4.79 Å². The van der Waals surface area contributed by atoms with E-state index in [1.54, 1.807) is 0 Å². The number of carbonyl (C=O) groups is 1. The predicted octanol–water partition coefficient (Wildman–Crippen LogP) is 2.73. The number of nitrogens with one attached hydrogen (secondary N) is 1. The van der Waals surface area contributed by atoms with Crippen LogP contribution in [-0.4, -0.2) is 39.4 Å². The molecule has 100 valence electrons. The number of H-pyrrole nitrogens is 1. The Bertz CT molecular complexity index is 612. The molecule has 0 radical (unpaired) electrons. The summed E-state index contributed by atoms with van der Waals surface area (Å²) < 4.78 is 0.